The van der Waals surface area contributed by atoms with E-state index in [2.05, 4.69) is 17.4 Å². The number of carbonyl (C=O) groups is 1. The van der Waals surface area contributed by atoms with Crippen LogP contribution in [0, 0.1) is 11.3 Å². The van der Waals surface area contributed by atoms with Gasteiger partial charge in [-0.1, -0.05) is 60.1 Å². The van der Waals surface area contributed by atoms with Crippen molar-refractivity contribution in [1.82, 2.24) is 5.32 Å². The Balaban J connectivity index is 1.29. The Morgan fingerprint density at radius 1 is 1.06 bits per heavy atom. The molecule has 4 rings (SSSR count). The molecular formula is C26H23ClN2O4. The monoisotopic (exact) mass is 462 g/mol. The molecule has 0 heterocycles. The van der Waals surface area contributed by atoms with Crippen molar-refractivity contribution < 1.29 is 19.7 Å². The molecule has 3 aromatic carbocycles. The van der Waals surface area contributed by atoms with Crippen molar-refractivity contribution in [1.29, 1.82) is 5.26 Å². The number of ether oxygens (including phenoxy) is 1. The van der Waals surface area contributed by atoms with Gasteiger partial charge in [0, 0.05) is 17.5 Å². The lowest BCUT2D eigenvalue weighted by Gasteiger charge is -2.19. The predicted octanol–water partition coefficient (Wildman–Crippen LogP) is 4.53. The van der Waals surface area contributed by atoms with Gasteiger partial charge in [-0.05, 0) is 52.4 Å². The number of aliphatic hydroxyl groups excluding tert-OH is 2. The quantitative estimate of drug-likeness (QED) is 0.478. The van der Waals surface area contributed by atoms with Gasteiger partial charge in [0.1, 0.15) is 12.7 Å². The van der Waals surface area contributed by atoms with Crippen LogP contribution in [0.5, 0.6) is 0 Å². The first-order valence-corrected chi connectivity index (χ1v) is 11.0. The normalized spacial score (nSPS) is 14.0. The molecule has 1 amide bonds. The van der Waals surface area contributed by atoms with Crippen LogP contribution in [0.25, 0.3) is 11.1 Å². The third-order valence-electron chi connectivity index (χ3n) is 5.81. The van der Waals surface area contributed by atoms with Gasteiger partial charge in [0.25, 0.3) is 0 Å². The molecule has 1 aliphatic carbocycles. The second kappa shape index (κ2) is 10.1. The standard InChI is InChI=1S/C26H23ClN2O4/c27-18-12-16(14-28)11-17(13-18)25(31)24(30)9-10-29-26(32)33-15-23-21-7-3-1-5-19(21)20-6-2-4-8-22(20)23/h1-8,11-13,23-25,30-31H,9-10,15H2,(H,29,32). The molecule has 3 aromatic rings. The molecule has 2 unspecified atom stereocenters. The van der Waals surface area contributed by atoms with E-state index >= 15 is 0 Å². The van der Waals surface area contributed by atoms with Crippen LogP contribution in [-0.2, 0) is 4.74 Å². The Hall–Kier alpha value is -3.37. The summed E-state index contributed by atoms with van der Waals surface area (Å²) < 4.78 is 5.46. The van der Waals surface area contributed by atoms with Gasteiger partial charge in [-0.2, -0.15) is 5.26 Å². The van der Waals surface area contributed by atoms with Crippen molar-refractivity contribution >= 4 is 17.7 Å². The highest BCUT2D eigenvalue weighted by molar-refractivity contribution is 6.30. The zero-order valence-electron chi connectivity index (χ0n) is 17.7. The molecule has 33 heavy (non-hydrogen) atoms. The van der Waals surface area contributed by atoms with Crippen molar-refractivity contribution in [3.05, 3.63) is 94.0 Å². The molecule has 168 valence electrons. The van der Waals surface area contributed by atoms with Gasteiger partial charge in [-0.15, -0.1) is 0 Å². The van der Waals surface area contributed by atoms with Crippen LogP contribution < -0.4 is 5.32 Å². The van der Waals surface area contributed by atoms with Crippen LogP contribution in [0.3, 0.4) is 0 Å². The number of aliphatic hydroxyl groups is 2. The number of carbonyl (C=O) groups excluding carboxylic acids is 1. The van der Waals surface area contributed by atoms with Gasteiger partial charge in [0.05, 0.1) is 17.7 Å². The molecule has 0 fully saturated rings. The van der Waals surface area contributed by atoms with Gasteiger partial charge in [-0.25, -0.2) is 4.79 Å². The van der Waals surface area contributed by atoms with Crippen LogP contribution in [-0.4, -0.2) is 35.6 Å². The Bertz CT molecular complexity index is 1160. The second-order valence-electron chi connectivity index (χ2n) is 7.94. The number of hydrogen-bond donors (Lipinski definition) is 3. The Morgan fingerprint density at radius 2 is 1.70 bits per heavy atom. The summed E-state index contributed by atoms with van der Waals surface area (Å²) in [6, 6.07) is 22.6. The number of benzene rings is 3. The third-order valence-corrected chi connectivity index (χ3v) is 6.03. The van der Waals surface area contributed by atoms with E-state index in [-0.39, 0.29) is 25.5 Å². The highest BCUT2D eigenvalue weighted by Gasteiger charge is 2.29. The highest BCUT2D eigenvalue weighted by Crippen LogP contribution is 2.44. The van der Waals surface area contributed by atoms with Crippen LogP contribution in [0.4, 0.5) is 4.79 Å². The summed E-state index contributed by atoms with van der Waals surface area (Å²) in [5.74, 6) is -0.0345. The van der Waals surface area contributed by atoms with E-state index in [0.29, 0.717) is 16.1 Å². The molecule has 1 aliphatic rings. The van der Waals surface area contributed by atoms with Crippen molar-refractivity contribution in [3.8, 4) is 17.2 Å². The zero-order chi connectivity index (χ0) is 23.4. The molecule has 3 N–H and O–H groups in total. The number of nitrogens with zero attached hydrogens (tertiary/aromatic N) is 1. The van der Waals surface area contributed by atoms with E-state index < -0.39 is 18.3 Å². The topological polar surface area (TPSA) is 103 Å². The molecule has 0 radical (unpaired) electrons. The first-order valence-electron chi connectivity index (χ1n) is 10.6. The van der Waals surface area contributed by atoms with Crippen molar-refractivity contribution in [2.45, 2.75) is 24.5 Å². The number of amides is 1. The molecule has 7 heteroatoms. The molecule has 0 aromatic heterocycles. The summed E-state index contributed by atoms with van der Waals surface area (Å²) >= 11 is 5.96. The Kier molecular flexibility index (Phi) is 6.95. The smallest absolute Gasteiger partial charge is 0.407 e. The van der Waals surface area contributed by atoms with E-state index in [9.17, 15) is 15.0 Å². The van der Waals surface area contributed by atoms with Gasteiger partial charge in [-0.3, -0.25) is 0 Å². The minimum absolute atomic E-state index is 0.0345. The SMILES string of the molecule is N#Cc1cc(Cl)cc(C(O)C(O)CCNC(=O)OCC2c3ccccc3-c3ccccc32)c1. The average Bonchev–Trinajstić information content (AvgIpc) is 3.15. The minimum atomic E-state index is -1.24. The van der Waals surface area contributed by atoms with Gasteiger partial charge in [0.15, 0.2) is 0 Å². The molecule has 2 atom stereocenters. The fourth-order valence-electron chi connectivity index (χ4n) is 4.20. The Labute approximate surface area is 197 Å². The number of nitriles is 1. The van der Waals surface area contributed by atoms with Crippen LogP contribution in [0.15, 0.2) is 66.7 Å². The lowest BCUT2D eigenvalue weighted by atomic mass is 9.98. The van der Waals surface area contributed by atoms with Crippen molar-refractivity contribution in [2.75, 3.05) is 13.2 Å². The number of alkyl carbamates (subject to hydrolysis) is 1. The molecule has 6 nitrogen and oxygen atoms in total. The number of rotatable bonds is 7. The van der Waals surface area contributed by atoms with Crippen LogP contribution in [0.1, 0.15) is 40.7 Å². The first kappa shape index (κ1) is 22.8. The second-order valence-corrected chi connectivity index (χ2v) is 8.37. The summed E-state index contributed by atoms with van der Waals surface area (Å²) in [6.45, 7) is 0.311. The van der Waals surface area contributed by atoms with Crippen molar-refractivity contribution in [3.63, 3.8) is 0 Å². The molecular weight excluding hydrogens is 440 g/mol. The summed E-state index contributed by atoms with van der Waals surface area (Å²) in [7, 11) is 0. The van der Waals surface area contributed by atoms with Gasteiger partial charge >= 0.3 is 6.09 Å². The molecule has 0 saturated carbocycles. The number of fused-ring (bicyclic) bond motifs is 3. The summed E-state index contributed by atoms with van der Waals surface area (Å²) in [4.78, 5) is 12.2. The van der Waals surface area contributed by atoms with Crippen LogP contribution in [0.2, 0.25) is 5.02 Å². The average molecular weight is 463 g/mol. The maximum Gasteiger partial charge on any atom is 0.407 e. The predicted molar refractivity (Wildman–Crippen MR) is 125 cm³/mol. The Morgan fingerprint density at radius 3 is 2.33 bits per heavy atom. The first-order chi connectivity index (χ1) is 16.0. The molecule has 0 saturated heterocycles. The maximum atomic E-state index is 12.2. The molecule has 0 spiro atoms. The molecule has 0 aliphatic heterocycles. The zero-order valence-corrected chi connectivity index (χ0v) is 18.5. The van der Waals surface area contributed by atoms with E-state index in [1.807, 2.05) is 42.5 Å². The fourth-order valence-corrected chi connectivity index (χ4v) is 4.44. The number of nitrogens with one attached hydrogen (secondary N) is 1. The van der Waals surface area contributed by atoms with E-state index in [0.717, 1.165) is 22.3 Å². The van der Waals surface area contributed by atoms with E-state index in [1.54, 1.807) is 0 Å². The van der Waals surface area contributed by atoms with Gasteiger partial charge < -0.3 is 20.3 Å². The third kappa shape index (κ3) is 5.01. The number of hydrogen-bond acceptors (Lipinski definition) is 5. The summed E-state index contributed by atoms with van der Waals surface area (Å²) in [6.07, 6.45) is -2.88. The van der Waals surface area contributed by atoms with Crippen molar-refractivity contribution in [2.24, 2.45) is 0 Å². The minimum Gasteiger partial charge on any atom is -0.449 e. The lowest BCUT2D eigenvalue weighted by Crippen LogP contribution is -2.30. The largest absolute Gasteiger partial charge is 0.449 e. The summed E-state index contributed by atoms with van der Waals surface area (Å²) in [5, 5.41) is 32.6. The van der Waals surface area contributed by atoms with Gasteiger partial charge in [0.2, 0.25) is 0 Å². The van der Waals surface area contributed by atoms with E-state index in [1.165, 1.54) is 18.2 Å². The van der Waals surface area contributed by atoms with E-state index in [4.69, 9.17) is 21.6 Å². The highest BCUT2D eigenvalue weighted by atomic mass is 35.5. The number of halogens is 1. The maximum absolute atomic E-state index is 12.2. The fraction of sp³-hybridized carbons (Fsp3) is 0.231. The lowest BCUT2D eigenvalue weighted by molar-refractivity contribution is 0.0136. The molecule has 0 bridgehead atoms. The van der Waals surface area contributed by atoms with Crippen LogP contribution >= 0.6 is 11.6 Å². The summed E-state index contributed by atoms with van der Waals surface area (Å²) in [5.41, 5.74) is 5.19.